The molecule has 19 heavy (non-hydrogen) atoms. The Bertz CT molecular complexity index is 408. The van der Waals surface area contributed by atoms with Crippen LogP contribution in [0.5, 0.6) is 0 Å². The highest BCUT2D eigenvalue weighted by molar-refractivity contribution is 5.83. The van der Waals surface area contributed by atoms with Crippen LogP contribution in [-0.4, -0.2) is 23.7 Å². The fraction of sp³-hybridized carbons (Fsp3) is 0.533. The van der Waals surface area contributed by atoms with Gasteiger partial charge in [-0.2, -0.15) is 0 Å². The lowest BCUT2D eigenvalue weighted by molar-refractivity contribution is -0.123. The Morgan fingerprint density at radius 2 is 2.00 bits per heavy atom. The minimum absolute atomic E-state index is 0.0565. The van der Waals surface area contributed by atoms with Gasteiger partial charge in [-0.15, -0.1) is 0 Å². The van der Waals surface area contributed by atoms with Crippen molar-refractivity contribution in [3.8, 4) is 0 Å². The maximum absolute atomic E-state index is 12.2. The molecule has 1 fully saturated rings. The van der Waals surface area contributed by atoms with Crippen LogP contribution in [0.2, 0.25) is 0 Å². The zero-order chi connectivity index (χ0) is 13.7. The van der Waals surface area contributed by atoms with Crippen molar-refractivity contribution < 1.29 is 9.90 Å². The molecule has 4 nitrogen and oxygen atoms in total. The van der Waals surface area contributed by atoms with E-state index in [0.29, 0.717) is 0 Å². The third-order valence-electron chi connectivity index (χ3n) is 3.91. The molecule has 1 aliphatic carbocycles. The summed E-state index contributed by atoms with van der Waals surface area (Å²) in [5, 5.41) is 12.3. The Kier molecular flexibility index (Phi) is 4.93. The number of aliphatic hydroxyl groups is 1. The molecule has 0 heterocycles. The largest absolute Gasteiger partial charge is 0.396 e. The Morgan fingerprint density at radius 3 is 2.68 bits per heavy atom. The molecule has 0 bridgehead atoms. The molecule has 1 aliphatic rings. The predicted molar refractivity (Wildman–Crippen MR) is 74.3 cm³/mol. The average Bonchev–Trinajstić information content (AvgIpc) is 2.48. The fourth-order valence-electron chi connectivity index (χ4n) is 2.70. The van der Waals surface area contributed by atoms with E-state index in [1.165, 1.54) is 0 Å². The van der Waals surface area contributed by atoms with E-state index in [9.17, 15) is 9.90 Å². The molecule has 1 amide bonds. The molecule has 1 aromatic carbocycles. The van der Waals surface area contributed by atoms with E-state index in [4.69, 9.17) is 5.73 Å². The monoisotopic (exact) mass is 262 g/mol. The van der Waals surface area contributed by atoms with Crippen LogP contribution in [0.3, 0.4) is 0 Å². The number of nitrogens with two attached hydrogens (primary N) is 1. The quantitative estimate of drug-likeness (QED) is 0.766. The van der Waals surface area contributed by atoms with Gasteiger partial charge in [-0.25, -0.2) is 0 Å². The van der Waals surface area contributed by atoms with E-state index in [1.54, 1.807) is 0 Å². The molecule has 0 aromatic heterocycles. The average molecular weight is 262 g/mol. The maximum Gasteiger partial charge on any atom is 0.241 e. The van der Waals surface area contributed by atoms with E-state index in [1.807, 2.05) is 30.3 Å². The van der Waals surface area contributed by atoms with Gasteiger partial charge in [-0.3, -0.25) is 4.79 Å². The summed E-state index contributed by atoms with van der Waals surface area (Å²) < 4.78 is 0. The number of benzene rings is 1. The number of rotatable bonds is 4. The number of aliphatic hydroxyl groups excluding tert-OH is 1. The fourth-order valence-corrected chi connectivity index (χ4v) is 2.70. The molecule has 4 heteroatoms. The molecule has 0 radical (unpaired) electrons. The van der Waals surface area contributed by atoms with Crippen LogP contribution >= 0.6 is 0 Å². The van der Waals surface area contributed by atoms with Crippen LogP contribution in [0.25, 0.3) is 0 Å². The Labute approximate surface area is 114 Å². The zero-order valence-corrected chi connectivity index (χ0v) is 11.1. The van der Waals surface area contributed by atoms with E-state index >= 15 is 0 Å². The number of nitrogens with one attached hydrogen (secondary N) is 1. The maximum atomic E-state index is 12.2. The van der Waals surface area contributed by atoms with Gasteiger partial charge < -0.3 is 16.2 Å². The molecule has 3 unspecified atom stereocenters. The van der Waals surface area contributed by atoms with E-state index in [2.05, 4.69) is 5.32 Å². The molecular weight excluding hydrogens is 240 g/mol. The summed E-state index contributed by atoms with van der Waals surface area (Å²) >= 11 is 0. The first-order valence-corrected chi connectivity index (χ1v) is 6.94. The second kappa shape index (κ2) is 6.68. The van der Waals surface area contributed by atoms with Crippen molar-refractivity contribution in [1.82, 2.24) is 5.32 Å². The molecule has 0 aliphatic heterocycles. The zero-order valence-electron chi connectivity index (χ0n) is 11.1. The lowest BCUT2D eigenvalue weighted by atomic mass is 9.85. The smallest absolute Gasteiger partial charge is 0.241 e. The third-order valence-corrected chi connectivity index (χ3v) is 3.91. The predicted octanol–water partition coefficient (Wildman–Crippen LogP) is 1.35. The Hall–Kier alpha value is -1.39. The van der Waals surface area contributed by atoms with Crippen LogP contribution in [0.15, 0.2) is 30.3 Å². The van der Waals surface area contributed by atoms with Gasteiger partial charge in [0.25, 0.3) is 0 Å². The van der Waals surface area contributed by atoms with Crippen LogP contribution < -0.4 is 11.1 Å². The molecule has 4 N–H and O–H groups in total. The lowest BCUT2D eigenvalue weighted by Gasteiger charge is -2.31. The van der Waals surface area contributed by atoms with Gasteiger partial charge >= 0.3 is 0 Å². The van der Waals surface area contributed by atoms with Crippen LogP contribution in [0, 0.1) is 5.92 Å². The molecule has 2 rings (SSSR count). The normalized spacial score (nSPS) is 24.7. The minimum Gasteiger partial charge on any atom is -0.396 e. The van der Waals surface area contributed by atoms with Crippen LogP contribution in [-0.2, 0) is 4.79 Å². The van der Waals surface area contributed by atoms with Crippen molar-refractivity contribution >= 4 is 5.91 Å². The number of carbonyl (C=O) groups excluding carboxylic acids is 1. The number of hydrogen-bond donors (Lipinski definition) is 3. The van der Waals surface area contributed by atoms with Crippen molar-refractivity contribution in [3.63, 3.8) is 0 Å². The first-order valence-electron chi connectivity index (χ1n) is 6.94. The second-order valence-electron chi connectivity index (χ2n) is 5.23. The summed E-state index contributed by atoms with van der Waals surface area (Å²) in [5.74, 6) is 0.0113. The highest BCUT2D eigenvalue weighted by Gasteiger charge is 2.27. The summed E-state index contributed by atoms with van der Waals surface area (Å²) in [6, 6.07) is 8.78. The molecule has 0 spiro atoms. The van der Waals surface area contributed by atoms with E-state index < -0.39 is 6.04 Å². The third kappa shape index (κ3) is 3.55. The first kappa shape index (κ1) is 14.0. The van der Waals surface area contributed by atoms with Crippen LogP contribution in [0.4, 0.5) is 0 Å². The summed E-state index contributed by atoms with van der Waals surface area (Å²) in [6.07, 6.45) is 4.13. The Morgan fingerprint density at radius 1 is 1.32 bits per heavy atom. The summed E-state index contributed by atoms with van der Waals surface area (Å²) in [6.45, 7) is 0.130. The Balaban J connectivity index is 1.96. The summed E-state index contributed by atoms with van der Waals surface area (Å²) in [7, 11) is 0. The van der Waals surface area contributed by atoms with Gasteiger partial charge in [0.15, 0.2) is 0 Å². The van der Waals surface area contributed by atoms with Crippen molar-refractivity contribution in [3.05, 3.63) is 35.9 Å². The van der Waals surface area contributed by atoms with E-state index in [0.717, 1.165) is 31.2 Å². The molecule has 1 saturated carbocycles. The van der Waals surface area contributed by atoms with E-state index in [-0.39, 0.29) is 24.5 Å². The topological polar surface area (TPSA) is 75.4 Å². The number of hydrogen-bond acceptors (Lipinski definition) is 3. The van der Waals surface area contributed by atoms with Crippen molar-refractivity contribution in [2.75, 3.05) is 6.61 Å². The van der Waals surface area contributed by atoms with Gasteiger partial charge in [0.2, 0.25) is 5.91 Å². The number of amides is 1. The van der Waals surface area contributed by atoms with Crippen molar-refractivity contribution in [1.29, 1.82) is 0 Å². The molecule has 104 valence electrons. The van der Waals surface area contributed by atoms with Gasteiger partial charge in [0.05, 0.1) is 0 Å². The molecule has 3 atom stereocenters. The molecule has 0 saturated heterocycles. The number of carbonyl (C=O) groups is 1. The first-order chi connectivity index (χ1) is 9.22. The summed E-state index contributed by atoms with van der Waals surface area (Å²) in [4.78, 5) is 12.2. The van der Waals surface area contributed by atoms with Gasteiger partial charge in [-0.1, -0.05) is 43.2 Å². The SMILES string of the molecule is NC(C(=O)NC1CCCCC1CO)c1ccccc1. The van der Waals surface area contributed by atoms with Gasteiger partial charge in [0, 0.05) is 18.6 Å². The molecule has 1 aromatic rings. The van der Waals surface area contributed by atoms with Crippen molar-refractivity contribution in [2.45, 2.75) is 37.8 Å². The van der Waals surface area contributed by atoms with Crippen LogP contribution in [0.1, 0.15) is 37.3 Å². The van der Waals surface area contributed by atoms with Gasteiger partial charge in [0.1, 0.15) is 6.04 Å². The van der Waals surface area contributed by atoms with Crippen molar-refractivity contribution in [2.24, 2.45) is 11.7 Å². The standard InChI is InChI=1S/C15H22N2O2/c16-14(11-6-2-1-3-7-11)15(19)17-13-9-5-4-8-12(13)10-18/h1-3,6-7,12-14,18H,4-5,8-10,16H2,(H,17,19). The molecular formula is C15H22N2O2. The second-order valence-corrected chi connectivity index (χ2v) is 5.23. The minimum atomic E-state index is -0.637. The lowest BCUT2D eigenvalue weighted by Crippen LogP contribution is -2.46. The highest BCUT2D eigenvalue weighted by Crippen LogP contribution is 2.24. The summed E-state index contributed by atoms with van der Waals surface area (Å²) in [5.41, 5.74) is 6.78. The highest BCUT2D eigenvalue weighted by atomic mass is 16.3. The van der Waals surface area contributed by atoms with Gasteiger partial charge in [-0.05, 0) is 18.4 Å².